The van der Waals surface area contributed by atoms with Crippen LogP contribution in [0.1, 0.15) is 104 Å². The Labute approximate surface area is 301 Å². The molecule has 4 aliphatic heterocycles. The molecule has 0 aromatic heterocycles. The third-order valence-electron chi connectivity index (χ3n) is 13.2. The fourth-order valence-electron chi connectivity index (χ4n) is 10.0. The number of nitrogens with zero attached hydrogens (tertiary/aromatic N) is 4. The van der Waals surface area contributed by atoms with Gasteiger partial charge in [-0.2, -0.15) is 0 Å². The third-order valence-corrected chi connectivity index (χ3v) is 13.2. The molecule has 9 nitrogen and oxygen atoms in total. The number of rotatable bonds is 20. The number of nitrogens with one attached hydrogen (secondary N) is 1. The van der Waals surface area contributed by atoms with Crippen molar-refractivity contribution >= 4 is 5.91 Å². The maximum atomic E-state index is 17.4. The number of halogens is 2. The first kappa shape index (κ1) is 38.4. The number of likely N-dealkylation sites (N-methyl/N-ethyl adjacent to an activating group) is 1. The van der Waals surface area contributed by atoms with Crippen LogP contribution in [-0.4, -0.2) is 128 Å². The van der Waals surface area contributed by atoms with Crippen molar-refractivity contribution in [2.45, 2.75) is 134 Å². The zero-order valence-corrected chi connectivity index (χ0v) is 31.5. The summed E-state index contributed by atoms with van der Waals surface area (Å²) in [4.78, 5) is 22.8. The maximum Gasteiger partial charge on any atom is 0.231 e. The highest BCUT2D eigenvalue weighted by molar-refractivity contribution is 5.82. The fourth-order valence-corrected chi connectivity index (χ4v) is 10.0. The monoisotopic (exact) mass is 706 g/mol. The molecule has 6 aliphatic rings. The third kappa shape index (κ3) is 9.22. The largest absolute Gasteiger partial charge is 0.380 e. The van der Waals surface area contributed by atoms with E-state index in [1.54, 1.807) is 0 Å². The van der Waals surface area contributed by atoms with Crippen LogP contribution in [0.3, 0.4) is 0 Å². The van der Waals surface area contributed by atoms with Crippen molar-refractivity contribution < 1.29 is 18.3 Å². The predicted octanol–water partition coefficient (Wildman–Crippen LogP) is 4.61. The van der Waals surface area contributed by atoms with Crippen molar-refractivity contribution in [1.82, 2.24) is 24.9 Å². The number of hydrogen-bond acceptors (Lipinski definition) is 8. The predicted molar refractivity (Wildman–Crippen MR) is 196 cm³/mol. The van der Waals surface area contributed by atoms with E-state index in [1.807, 2.05) is 16.8 Å². The molecule has 0 aromatic rings. The maximum absolute atomic E-state index is 17.4. The van der Waals surface area contributed by atoms with E-state index in [4.69, 9.17) is 16.2 Å². The minimum Gasteiger partial charge on any atom is -0.380 e. The summed E-state index contributed by atoms with van der Waals surface area (Å²) in [5.41, 5.74) is 12.7. The lowest BCUT2D eigenvalue weighted by molar-refractivity contribution is -0.125. The number of alkyl halides is 2. The van der Waals surface area contributed by atoms with Crippen molar-refractivity contribution in [3.05, 3.63) is 11.4 Å². The summed E-state index contributed by atoms with van der Waals surface area (Å²) in [6.45, 7) is 10.8. The molecular weight excluding hydrogens is 636 g/mol. The highest BCUT2D eigenvalue weighted by atomic mass is 19.1. The lowest BCUT2D eigenvalue weighted by Crippen LogP contribution is -2.58. The fraction of sp³-hybridized carbons (Fsp3) is 0.923. The zero-order chi connectivity index (χ0) is 35.5. The standard InChI is InChI=1S/C39H69F2N7O2/c1-4-6-8-9-15-39(41)27-45(3)24-32(35(39)47-19-17-46(18-20-47)30-13-21-50-26-30)44-37(49)34(36(42)43)33-25-48(33)23-29(40)12-16-38(14-7-5-2)22-31(38)28-10-11-28/h28-31,33-34,36H,4-27,42-43H2,1-3H3,(H,44,49). The van der Waals surface area contributed by atoms with Crippen LogP contribution in [0.5, 0.6) is 0 Å². The van der Waals surface area contributed by atoms with Gasteiger partial charge in [0.1, 0.15) is 6.17 Å². The second kappa shape index (κ2) is 16.8. The van der Waals surface area contributed by atoms with Gasteiger partial charge in [-0.3, -0.25) is 19.5 Å². The van der Waals surface area contributed by atoms with Gasteiger partial charge in [-0.1, -0.05) is 46.0 Å². The number of carbonyl (C=O) groups is 1. The number of piperazine rings is 1. The molecule has 6 rings (SSSR count). The van der Waals surface area contributed by atoms with Gasteiger partial charge in [0, 0.05) is 71.0 Å². The summed E-state index contributed by atoms with van der Waals surface area (Å²) in [6, 6.07) is 0.230. The molecule has 5 fully saturated rings. The van der Waals surface area contributed by atoms with E-state index in [2.05, 4.69) is 29.0 Å². The van der Waals surface area contributed by atoms with Crippen LogP contribution in [0.4, 0.5) is 8.78 Å². The molecule has 0 spiro atoms. The van der Waals surface area contributed by atoms with E-state index >= 15 is 8.78 Å². The van der Waals surface area contributed by atoms with E-state index in [0.29, 0.717) is 75.0 Å². The molecule has 11 heteroatoms. The Morgan fingerprint density at radius 3 is 2.44 bits per heavy atom. The Bertz CT molecular complexity index is 1160. The molecule has 5 N–H and O–H groups in total. The van der Waals surface area contributed by atoms with Crippen molar-refractivity contribution in [2.75, 3.05) is 72.6 Å². The van der Waals surface area contributed by atoms with Gasteiger partial charge in [-0.25, -0.2) is 8.78 Å². The van der Waals surface area contributed by atoms with Crippen LogP contribution in [0.15, 0.2) is 11.4 Å². The molecule has 0 bridgehead atoms. The smallest absolute Gasteiger partial charge is 0.231 e. The summed E-state index contributed by atoms with van der Waals surface area (Å²) in [5.74, 6) is 0.748. The molecule has 8 atom stereocenters. The summed E-state index contributed by atoms with van der Waals surface area (Å²) in [5, 5.41) is 3.19. The first-order valence-corrected chi connectivity index (χ1v) is 20.5. The average molecular weight is 706 g/mol. The van der Waals surface area contributed by atoms with E-state index in [-0.39, 0.29) is 11.9 Å². The van der Waals surface area contributed by atoms with Crippen molar-refractivity contribution in [1.29, 1.82) is 0 Å². The number of hydrogen-bond donors (Lipinski definition) is 3. The van der Waals surface area contributed by atoms with Gasteiger partial charge in [0.05, 0.1) is 30.1 Å². The first-order valence-electron chi connectivity index (χ1n) is 20.5. The Hall–Kier alpha value is -1.37. The average Bonchev–Trinajstić information content (AvgIpc) is 4.03. The van der Waals surface area contributed by atoms with Gasteiger partial charge in [-0.15, -0.1) is 0 Å². The second-order valence-corrected chi connectivity index (χ2v) is 17.2. The molecule has 1 amide bonds. The van der Waals surface area contributed by atoms with Crippen LogP contribution in [0.2, 0.25) is 0 Å². The van der Waals surface area contributed by atoms with Crippen LogP contribution in [0.25, 0.3) is 0 Å². The van der Waals surface area contributed by atoms with Crippen LogP contribution < -0.4 is 16.8 Å². The summed E-state index contributed by atoms with van der Waals surface area (Å²) < 4.78 is 38.6. The second-order valence-electron chi connectivity index (χ2n) is 17.2. The van der Waals surface area contributed by atoms with Crippen molar-refractivity contribution in [2.24, 2.45) is 34.6 Å². The molecule has 50 heavy (non-hydrogen) atoms. The van der Waals surface area contributed by atoms with Gasteiger partial charge in [0.2, 0.25) is 5.91 Å². The van der Waals surface area contributed by atoms with Gasteiger partial charge in [-0.05, 0) is 82.1 Å². The summed E-state index contributed by atoms with van der Waals surface area (Å²) in [7, 11) is 1.93. The molecule has 0 radical (unpaired) electrons. The number of unbranched alkanes of at least 4 members (excludes halogenated alkanes) is 4. The topological polar surface area (TPSA) is 103 Å². The van der Waals surface area contributed by atoms with E-state index in [1.165, 1.54) is 38.5 Å². The van der Waals surface area contributed by atoms with Crippen molar-refractivity contribution in [3.63, 3.8) is 0 Å². The van der Waals surface area contributed by atoms with Crippen LogP contribution in [-0.2, 0) is 9.53 Å². The molecule has 286 valence electrons. The van der Waals surface area contributed by atoms with Gasteiger partial charge < -0.3 is 26.4 Å². The van der Waals surface area contributed by atoms with E-state index in [0.717, 1.165) is 76.7 Å². The Kier molecular flexibility index (Phi) is 12.9. The highest BCUT2D eigenvalue weighted by Crippen LogP contribution is 2.67. The number of amides is 1. The number of carbonyl (C=O) groups excluding carboxylic acids is 1. The Morgan fingerprint density at radius 1 is 1.02 bits per heavy atom. The molecule has 2 saturated carbocycles. The van der Waals surface area contributed by atoms with E-state index < -0.39 is 23.9 Å². The minimum absolute atomic E-state index is 0.200. The quantitative estimate of drug-likeness (QED) is 0.0960. The zero-order valence-electron chi connectivity index (χ0n) is 31.5. The number of ether oxygens (including phenoxy) is 1. The molecule has 8 unspecified atom stereocenters. The SMILES string of the molecule is CCCCCCC1(F)CN(C)CC(NC(=O)C(C(N)N)C2CN2CC(F)CCC2(CCCC)CC2C2CC2)=C1N1CCN(C2CCOC2)CC1. The molecule has 3 saturated heterocycles. The summed E-state index contributed by atoms with van der Waals surface area (Å²) >= 11 is 0. The lowest BCUT2D eigenvalue weighted by Gasteiger charge is -2.47. The molecule has 2 aliphatic carbocycles. The number of nitrogens with two attached hydrogens (primary N) is 2. The van der Waals surface area contributed by atoms with Crippen LogP contribution in [0, 0.1) is 23.2 Å². The Morgan fingerprint density at radius 2 is 1.78 bits per heavy atom. The van der Waals surface area contributed by atoms with E-state index in [9.17, 15) is 4.79 Å². The highest BCUT2D eigenvalue weighted by Gasteiger charge is 2.58. The molecule has 4 heterocycles. The summed E-state index contributed by atoms with van der Waals surface area (Å²) in [6.07, 6.45) is 12.9. The van der Waals surface area contributed by atoms with Crippen LogP contribution >= 0.6 is 0 Å². The van der Waals surface area contributed by atoms with Gasteiger partial charge in [0.15, 0.2) is 5.67 Å². The molecular formula is C39H69F2N7O2. The lowest BCUT2D eigenvalue weighted by atomic mass is 9.87. The Balaban J connectivity index is 1.10. The normalized spacial score (nSPS) is 34.8. The minimum atomic E-state index is -1.57. The molecule has 0 aromatic carbocycles. The van der Waals surface area contributed by atoms with Gasteiger partial charge in [0.25, 0.3) is 0 Å². The van der Waals surface area contributed by atoms with Crippen molar-refractivity contribution in [3.8, 4) is 0 Å². The first-order chi connectivity index (χ1) is 24.1. The van der Waals surface area contributed by atoms with Gasteiger partial charge >= 0.3 is 0 Å².